The van der Waals surface area contributed by atoms with Crippen molar-refractivity contribution in [2.75, 3.05) is 20.6 Å². The molecule has 0 radical (unpaired) electrons. The number of nitrogens with one attached hydrogen (secondary N) is 1. The molecule has 0 fully saturated rings. The van der Waals surface area contributed by atoms with Crippen LogP contribution in [0.1, 0.15) is 59.4 Å². The first-order valence-corrected chi connectivity index (χ1v) is 12.9. The van der Waals surface area contributed by atoms with E-state index in [0.29, 0.717) is 19.4 Å². The average molecular weight is 502 g/mol. The molecule has 2 atom stereocenters. The zero-order chi connectivity index (χ0) is 26.2. The van der Waals surface area contributed by atoms with Crippen LogP contribution in [0.25, 0.3) is 10.9 Å². The molecule has 0 saturated heterocycles. The number of hydrogen-bond acceptors (Lipinski definition) is 2. The van der Waals surface area contributed by atoms with Crippen molar-refractivity contribution < 1.29 is 13.6 Å². The normalized spacial score (nSPS) is 17.1. The summed E-state index contributed by atoms with van der Waals surface area (Å²) in [4.78, 5) is 21.2. The third-order valence-corrected chi connectivity index (χ3v) is 8.18. The highest BCUT2D eigenvalue weighted by molar-refractivity contribution is 5.95. The quantitative estimate of drug-likeness (QED) is 0.301. The fraction of sp³-hybridized carbons (Fsp3) is 0.323. The van der Waals surface area contributed by atoms with Crippen LogP contribution in [0, 0.1) is 11.6 Å². The summed E-state index contributed by atoms with van der Waals surface area (Å²) in [7, 11) is 4.17. The van der Waals surface area contributed by atoms with Gasteiger partial charge in [0.1, 0.15) is 17.2 Å². The molecule has 1 aliphatic heterocycles. The predicted octanol–water partition coefficient (Wildman–Crippen LogP) is 6.83. The summed E-state index contributed by atoms with van der Waals surface area (Å²) in [6, 6.07) is 21.8. The largest absolute Gasteiger partial charge is 0.356 e. The summed E-state index contributed by atoms with van der Waals surface area (Å²) in [5, 5.41) is 1.14. The minimum Gasteiger partial charge on any atom is -0.356 e. The minimum atomic E-state index is -0.827. The van der Waals surface area contributed by atoms with Crippen LogP contribution in [-0.2, 0) is 12.0 Å². The minimum absolute atomic E-state index is 0.247. The molecule has 1 aromatic heterocycles. The van der Waals surface area contributed by atoms with E-state index in [1.54, 1.807) is 4.90 Å². The number of H-pyrrole nitrogens is 1. The van der Waals surface area contributed by atoms with E-state index in [-0.39, 0.29) is 11.6 Å². The fourth-order valence-electron chi connectivity index (χ4n) is 6.15. The van der Waals surface area contributed by atoms with Gasteiger partial charge in [0.05, 0.1) is 6.04 Å². The molecule has 1 aliphatic rings. The number of aromatic nitrogens is 1. The molecule has 3 aromatic carbocycles. The SMILES string of the molecule is CCC(CCC1c2[nH]c3ccccc3c2CCN1C(=O)c1c(F)cccc1F)(c1ccccc1)N(C)C. The second-order valence-electron chi connectivity index (χ2n) is 10.1. The lowest BCUT2D eigenvalue weighted by Gasteiger charge is -2.43. The number of hydrogen-bond donors (Lipinski definition) is 1. The van der Waals surface area contributed by atoms with Gasteiger partial charge in [0.25, 0.3) is 5.91 Å². The molecule has 192 valence electrons. The monoisotopic (exact) mass is 501 g/mol. The van der Waals surface area contributed by atoms with Gasteiger partial charge in [0, 0.05) is 28.7 Å². The summed E-state index contributed by atoms with van der Waals surface area (Å²) in [5.74, 6) is -2.25. The number of fused-ring (bicyclic) bond motifs is 3. The van der Waals surface area contributed by atoms with E-state index in [1.165, 1.54) is 17.2 Å². The third-order valence-electron chi connectivity index (χ3n) is 8.18. The van der Waals surface area contributed by atoms with Gasteiger partial charge in [-0.15, -0.1) is 0 Å². The lowest BCUT2D eigenvalue weighted by atomic mass is 9.79. The van der Waals surface area contributed by atoms with Gasteiger partial charge in [-0.3, -0.25) is 9.69 Å². The first-order valence-electron chi connectivity index (χ1n) is 12.9. The topological polar surface area (TPSA) is 39.3 Å². The van der Waals surface area contributed by atoms with Crippen molar-refractivity contribution in [1.82, 2.24) is 14.8 Å². The van der Waals surface area contributed by atoms with Crippen LogP contribution < -0.4 is 0 Å². The van der Waals surface area contributed by atoms with E-state index >= 15 is 0 Å². The molecule has 4 nitrogen and oxygen atoms in total. The van der Waals surface area contributed by atoms with Crippen molar-refractivity contribution in [2.45, 2.75) is 44.2 Å². The Labute approximate surface area is 216 Å². The number of nitrogens with zero attached hydrogens (tertiary/aromatic N) is 2. The molecular weight excluding hydrogens is 468 g/mol. The Bertz CT molecular complexity index is 1390. The van der Waals surface area contributed by atoms with E-state index in [0.717, 1.165) is 41.6 Å². The Morgan fingerprint density at radius 2 is 1.68 bits per heavy atom. The Kier molecular flexibility index (Phi) is 6.86. The number of amides is 1. The second kappa shape index (κ2) is 10.1. The van der Waals surface area contributed by atoms with Crippen LogP contribution >= 0.6 is 0 Å². The number of benzene rings is 3. The second-order valence-corrected chi connectivity index (χ2v) is 10.1. The van der Waals surface area contributed by atoms with Gasteiger partial charge in [-0.05, 0) is 69.1 Å². The maximum Gasteiger partial charge on any atom is 0.260 e. The van der Waals surface area contributed by atoms with Gasteiger partial charge in [0.2, 0.25) is 0 Å². The maximum atomic E-state index is 14.7. The highest BCUT2D eigenvalue weighted by Gasteiger charge is 2.39. The molecule has 2 unspecified atom stereocenters. The molecule has 0 bridgehead atoms. The molecule has 1 N–H and O–H groups in total. The summed E-state index contributed by atoms with van der Waals surface area (Å²) < 4.78 is 29.4. The molecule has 0 spiro atoms. The number of rotatable bonds is 7. The smallest absolute Gasteiger partial charge is 0.260 e. The van der Waals surface area contributed by atoms with Crippen molar-refractivity contribution >= 4 is 16.8 Å². The highest BCUT2D eigenvalue weighted by atomic mass is 19.1. The standard InChI is InChI=1S/C31H33F2N3O/c1-4-31(35(2)3,21-11-6-5-7-12-21)19-17-27-29-23(22-13-8-9-16-26(22)34-29)18-20-36(27)30(37)28-24(32)14-10-15-25(28)33/h5-16,27,34H,4,17-20H2,1-3H3. The average Bonchev–Trinajstić information content (AvgIpc) is 3.28. The molecule has 4 aromatic rings. The van der Waals surface area contributed by atoms with Crippen molar-refractivity contribution in [3.8, 4) is 0 Å². The Morgan fingerprint density at radius 3 is 2.35 bits per heavy atom. The third kappa shape index (κ3) is 4.33. The molecule has 2 heterocycles. The number of halogens is 2. The highest BCUT2D eigenvalue weighted by Crippen LogP contribution is 2.42. The van der Waals surface area contributed by atoms with Gasteiger partial charge >= 0.3 is 0 Å². The van der Waals surface area contributed by atoms with E-state index < -0.39 is 23.1 Å². The molecule has 5 rings (SSSR count). The predicted molar refractivity (Wildman–Crippen MR) is 143 cm³/mol. The number of carbonyl (C=O) groups is 1. The van der Waals surface area contributed by atoms with Crippen LogP contribution in [0.15, 0.2) is 72.8 Å². The van der Waals surface area contributed by atoms with E-state index in [2.05, 4.69) is 61.2 Å². The van der Waals surface area contributed by atoms with Crippen LogP contribution in [0.4, 0.5) is 8.78 Å². The molecule has 6 heteroatoms. The zero-order valence-corrected chi connectivity index (χ0v) is 21.6. The lowest BCUT2D eigenvalue weighted by Crippen LogP contribution is -2.44. The van der Waals surface area contributed by atoms with Gasteiger partial charge < -0.3 is 9.88 Å². The summed E-state index contributed by atoms with van der Waals surface area (Å²) in [6.45, 7) is 2.58. The van der Waals surface area contributed by atoms with E-state index in [4.69, 9.17) is 0 Å². The number of carbonyl (C=O) groups excluding carboxylic acids is 1. The summed E-state index contributed by atoms with van der Waals surface area (Å²) >= 11 is 0. The molecule has 0 saturated carbocycles. The molecule has 0 aliphatic carbocycles. The fourth-order valence-corrected chi connectivity index (χ4v) is 6.15. The van der Waals surface area contributed by atoms with Gasteiger partial charge in [0.15, 0.2) is 0 Å². The van der Waals surface area contributed by atoms with Gasteiger partial charge in [-0.25, -0.2) is 8.78 Å². The van der Waals surface area contributed by atoms with Gasteiger partial charge in [-0.2, -0.15) is 0 Å². The van der Waals surface area contributed by atoms with Crippen molar-refractivity contribution in [1.29, 1.82) is 0 Å². The maximum absolute atomic E-state index is 14.7. The number of para-hydroxylation sites is 1. The zero-order valence-electron chi connectivity index (χ0n) is 21.6. The van der Waals surface area contributed by atoms with Gasteiger partial charge in [-0.1, -0.05) is 61.5 Å². The Morgan fingerprint density at radius 1 is 1.00 bits per heavy atom. The van der Waals surface area contributed by atoms with Crippen molar-refractivity contribution in [3.05, 3.63) is 107 Å². The lowest BCUT2D eigenvalue weighted by molar-refractivity contribution is 0.0583. The van der Waals surface area contributed by atoms with E-state index in [1.807, 2.05) is 24.3 Å². The first kappa shape index (κ1) is 25.2. The van der Waals surface area contributed by atoms with Crippen LogP contribution in [0.3, 0.4) is 0 Å². The summed E-state index contributed by atoms with van der Waals surface area (Å²) in [5.41, 5.74) is 3.65. The molecule has 1 amide bonds. The Balaban J connectivity index is 1.58. The first-order chi connectivity index (χ1) is 17.9. The van der Waals surface area contributed by atoms with Crippen molar-refractivity contribution in [3.63, 3.8) is 0 Å². The molecular formula is C31H33F2N3O. The van der Waals surface area contributed by atoms with Crippen LogP contribution in [0.2, 0.25) is 0 Å². The van der Waals surface area contributed by atoms with E-state index in [9.17, 15) is 13.6 Å². The number of aromatic amines is 1. The van der Waals surface area contributed by atoms with Crippen LogP contribution in [-0.4, -0.2) is 41.3 Å². The Hall–Kier alpha value is -3.51. The summed E-state index contributed by atoms with van der Waals surface area (Å²) in [6.07, 6.45) is 2.92. The van der Waals surface area contributed by atoms with Crippen molar-refractivity contribution in [2.24, 2.45) is 0 Å². The molecule has 37 heavy (non-hydrogen) atoms. The van der Waals surface area contributed by atoms with Crippen LogP contribution in [0.5, 0.6) is 0 Å².